The maximum absolute atomic E-state index is 4.42. The van der Waals surface area contributed by atoms with Gasteiger partial charge in [0.2, 0.25) is 0 Å². The van der Waals surface area contributed by atoms with Gasteiger partial charge in [-0.3, -0.25) is 0 Å². The molecular weight excluding hydrogens is 367 g/mol. The SMILES string of the molecule is C=C(C)/C=C(/C)P(C)/C(=C\C(=C)C(=C)CC(C)c1cc(C)ccc1CC)C1CC1. The van der Waals surface area contributed by atoms with Gasteiger partial charge in [0, 0.05) is 0 Å². The zero-order valence-electron chi connectivity index (χ0n) is 19.4. The summed E-state index contributed by atoms with van der Waals surface area (Å²) in [5.74, 6) is 1.20. The molecule has 0 N–H and O–H groups in total. The minimum atomic E-state index is -0.289. The lowest BCUT2D eigenvalue weighted by Crippen LogP contribution is -2.02. The second-order valence-corrected chi connectivity index (χ2v) is 11.2. The standard InChI is InChI=1S/C28H39P/c1-10-25-12-11-20(4)16-27(25)23(7)17-21(5)22(6)18-28(26-13-14-26)29(9)24(8)15-19(2)3/h11-12,15-16,18,23,26H,2,5-6,10,13-14,17H2,1,3-4,7-9H3/b24-15-,28-18-. The molecule has 1 saturated carbocycles. The van der Waals surface area contributed by atoms with E-state index >= 15 is 0 Å². The molecule has 29 heavy (non-hydrogen) atoms. The minimum absolute atomic E-state index is 0.289. The Balaban J connectivity index is 2.17. The lowest BCUT2D eigenvalue weighted by Gasteiger charge is -2.21. The summed E-state index contributed by atoms with van der Waals surface area (Å²) in [5, 5.41) is 3.03. The fourth-order valence-corrected chi connectivity index (χ4v) is 5.89. The van der Waals surface area contributed by atoms with Gasteiger partial charge in [0.25, 0.3) is 0 Å². The molecule has 0 heterocycles. The molecule has 2 rings (SSSR count). The second-order valence-electron chi connectivity index (χ2n) is 8.82. The van der Waals surface area contributed by atoms with E-state index in [1.807, 2.05) is 0 Å². The Morgan fingerprint density at radius 1 is 1.17 bits per heavy atom. The maximum atomic E-state index is 4.42. The lowest BCUT2D eigenvalue weighted by molar-refractivity contribution is 0.747. The van der Waals surface area contributed by atoms with Crippen molar-refractivity contribution in [2.45, 2.75) is 66.2 Å². The molecule has 1 aliphatic rings. The largest absolute Gasteiger partial charge is 0.0961 e. The van der Waals surface area contributed by atoms with Gasteiger partial charge >= 0.3 is 0 Å². The zero-order chi connectivity index (χ0) is 21.7. The van der Waals surface area contributed by atoms with Gasteiger partial charge in [-0.15, -0.1) is 0 Å². The van der Waals surface area contributed by atoms with Crippen LogP contribution in [0.5, 0.6) is 0 Å². The first-order valence-electron chi connectivity index (χ1n) is 10.9. The molecule has 1 heteroatoms. The van der Waals surface area contributed by atoms with Gasteiger partial charge in [-0.1, -0.05) is 83.0 Å². The van der Waals surface area contributed by atoms with Crippen LogP contribution in [0.25, 0.3) is 0 Å². The summed E-state index contributed by atoms with van der Waals surface area (Å²) in [6.07, 6.45) is 9.28. The Morgan fingerprint density at radius 3 is 2.38 bits per heavy atom. The first kappa shape index (κ1) is 23.6. The first-order chi connectivity index (χ1) is 13.6. The summed E-state index contributed by atoms with van der Waals surface area (Å²) in [6.45, 7) is 26.3. The van der Waals surface area contributed by atoms with E-state index < -0.39 is 0 Å². The van der Waals surface area contributed by atoms with Gasteiger partial charge in [0.05, 0.1) is 0 Å². The highest BCUT2D eigenvalue weighted by Crippen LogP contribution is 2.58. The number of hydrogen-bond donors (Lipinski definition) is 0. The maximum Gasteiger partial charge on any atom is -0.0147 e. The van der Waals surface area contributed by atoms with Crippen LogP contribution >= 0.6 is 7.92 Å². The highest BCUT2D eigenvalue weighted by molar-refractivity contribution is 7.65. The van der Waals surface area contributed by atoms with E-state index in [4.69, 9.17) is 0 Å². The Kier molecular flexibility index (Phi) is 8.47. The van der Waals surface area contributed by atoms with E-state index in [0.29, 0.717) is 5.92 Å². The minimum Gasteiger partial charge on any atom is -0.0961 e. The molecule has 0 radical (unpaired) electrons. The van der Waals surface area contributed by atoms with Crippen LogP contribution in [0.3, 0.4) is 0 Å². The topological polar surface area (TPSA) is 0 Å². The molecule has 1 aromatic rings. The summed E-state index contributed by atoms with van der Waals surface area (Å²) in [6, 6.07) is 6.85. The fourth-order valence-electron chi connectivity index (χ4n) is 3.91. The number of aryl methyl sites for hydroxylation is 2. The molecule has 0 aliphatic heterocycles. The quantitative estimate of drug-likeness (QED) is 0.268. The predicted octanol–water partition coefficient (Wildman–Crippen LogP) is 9.05. The Hall–Kier alpha value is -1.65. The highest BCUT2D eigenvalue weighted by atomic mass is 31.1. The van der Waals surface area contributed by atoms with E-state index in [9.17, 15) is 0 Å². The summed E-state index contributed by atoms with van der Waals surface area (Å²) >= 11 is 0. The Labute approximate surface area is 181 Å². The van der Waals surface area contributed by atoms with Crippen molar-refractivity contribution in [2.24, 2.45) is 5.92 Å². The summed E-state index contributed by atoms with van der Waals surface area (Å²) in [7, 11) is -0.289. The van der Waals surface area contributed by atoms with Crippen molar-refractivity contribution in [3.63, 3.8) is 0 Å². The van der Waals surface area contributed by atoms with Crippen molar-refractivity contribution in [1.82, 2.24) is 0 Å². The van der Waals surface area contributed by atoms with Crippen LogP contribution in [0, 0.1) is 12.8 Å². The third-order valence-corrected chi connectivity index (χ3v) is 8.37. The van der Waals surface area contributed by atoms with Crippen molar-refractivity contribution >= 4 is 7.92 Å². The molecule has 1 aliphatic carbocycles. The molecule has 0 spiro atoms. The van der Waals surface area contributed by atoms with E-state index in [-0.39, 0.29) is 7.92 Å². The zero-order valence-corrected chi connectivity index (χ0v) is 20.3. The molecule has 1 aromatic carbocycles. The van der Waals surface area contributed by atoms with Gasteiger partial charge in [0.1, 0.15) is 0 Å². The summed E-state index contributed by atoms with van der Waals surface area (Å²) in [4.78, 5) is 0. The second kappa shape index (κ2) is 10.4. The summed E-state index contributed by atoms with van der Waals surface area (Å²) < 4.78 is 0. The van der Waals surface area contributed by atoms with Crippen molar-refractivity contribution in [3.05, 3.63) is 94.1 Å². The van der Waals surface area contributed by atoms with Gasteiger partial charge < -0.3 is 0 Å². The normalized spacial score (nSPS) is 17.0. The van der Waals surface area contributed by atoms with Crippen LogP contribution < -0.4 is 0 Å². The molecule has 0 aromatic heterocycles. The van der Waals surface area contributed by atoms with Crippen LogP contribution in [0.2, 0.25) is 0 Å². The number of benzene rings is 1. The molecular formula is C28H39P. The van der Waals surface area contributed by atoms with Crippen LogP contribution in [0.4, 0.5) is 0 Å². The van der Waals surface area contributed by atoms with Crippen molar-refractivity contribution in [2.75, 3.05) is 6.66 Å². The summed E-state index contributed by atoms with van der Waals surface area (Å²) in [5.41, 5.74) is 7.67. The molecule has 1 fully saturated rings. The van der Waals surface area contributed by atoms with E-state index in [1.54, 1.807) is 5.31 Å². The molecule has 0 nitrogen and oxygen atoms in total. The molecule has 2 unspecified atom stereocenters. The molecule has 0 saturated heterocycles. The van der Waals surface area contributed by atoms with Gasteiger partial charge in [-0.2, -0.15) is 0 Å². The number of rotatable bonds is 10. The molecule has 2 atom stereocenters. The smallest absolute Gasteiger partial charge is 0.0147 e. The first-order valence-corrected chi connectivity index (χ1v) is 12.7. The number of hydrogen-bond acceptors (Lipinski definition) is 0. The van der Waals surface area contributed by atoms with Crippen LogP contribution in [0.1, 0.15) is 69.6 Å². The lowest BCUT2D eigenvalue weighted by atomic mass is 9.87. The van der Waals surface area contributed by atoms with Crippen LogP contribution in [-0.2, 0) is 6.42 Å². The molecule has 0 bridgehead atoms. The fraction of sp³-hybridized carbons (Fsp3) is 0.429. The average Bonchev–Trinajstić information content (AvgIpc) is 3.49. The van der Waals surface area contributed by atoms with Gasteiger partial charge in [-0.25, -0.2) is 0 Å². The third kappa shape index (κ3) is 6.68. The Bertz CT molecular complexity index is 845. The van der Waals surface area contributed by atoms with Crippen molar-refractivity contribution in [1.29, 1.82) is 0 Å². The molecule has 156 valence electrons. The van der Waals surface area contributed by atoms with Gasteiger partial charge in [-0.05, 0) is 97.9 Å². The van der Waals surface area contributed by atoms with Crippen LogP contribution in [-0.4, -0.2) is 6.66 Å². The third-order valence-electron chi connectivity index (χ3n) is 5.91. The average molecular weight is 407 g/mol. The molecule has 0 amide bonds. The van der Waals surface area contributed by atoms with Gasteiger partial charge in [0.15, 0.2) is 0 Å². The van der Waals surface area contributed by atoms with E-state index in [2.05, 4.69) is 91.4 Å². The highest BCUT2D eigenvalue weighted by Gasteiger charge is 2.30. The predicted molar refractivity (Wildman–Crippen MR) is 134 cm³/mol. The van der Waals surface area contributed by atoms with Crippen molar-refractivity contribution in [3.8, 4) is 0 Å². The number of allylic oxidation sites excluding steroid dienone is 7. The van der Waals surface area contributed by atoms with E-state index in [0.717, 1.165) is 29.9 Å². The Morgan fingerprint density at radius 2 is 1.83 bits per heavy atom. The monoisotopic (exact) mass is 406 g/mol. The van der Waals surface area contributed by atoms with Crippen LogP contribution in [0.15, 0.2) is 77.4 Å². The van der Waals surface area contributed by atoms with E-state index in [1.165, 1.54) is 40.4 Å². The van der Waals surface area contributed by atoms with Crippen molar-refractivity contribution < 1.29 is 0 Å².